The zero-order valence-corrected chi connectivity index (χ0v) is 10.9. The van der Waals surface area contributed by atoms with Gasteiger partial charge in [0.05, 0.1) is 5.60 Å². The molecule has 1 aromatic carbocycles. The van der Waals surface area contributed by atoms with Crippen LogP contribution in [0.15, 0.2) is 36.7 Å². The van der Waals surface area contributed by atoms with E-state index in [9.17, 15) is 5.11 Å². The van der Waals surface area contributed by atoms with Crippen molar-refractivity contribution in [3.63, 3.8) is 0 Å². The van der Waals surface area contributed by atoms with Gasteiger partial charge in [0.1, 0.15) is 0 Å². The molecule has 3 rings (SSSR count). The molecule has 1 aliphatic rings. The van der Waals surface area contributed by atoms with Gasteiger partial charge in [-0.15, -0.1) is 0 Å². The van der Waals surface area contributed by atoms with E-state index in [1.165, 1.54) is 0 Å². The summed E-state index contributed by atoms with van der Waals surface area (Å²) in [6, 6.07) is 8.12. The lowest BCUT2D eigenvalue weighted by Crippen LogP contribution is -2.43. The van der Waals surface area contributed by atoms with Gasteiger partial charge in [0, 0.05) is 17.8 Å². The number of hydrogen-bond acceptors (Lipinski definition) is 2. The third-order valence-electron chi connectivity index (χ3n) is 4.32. The molecule has 0 bridgehead atoms. The summed E-state index contributed by atoms with van der Waals surface area (Å²) in [6.45, 7) is 4.47. The number of benzene rings is 1. The first-order chi connectivity index (χ1) is 8.60. The van der Waals surface area contributed by atoms with Crippen molar-refractivity contribution >= 4 is 10.8 Å². The Morgan fingerprint density at radius 2 is 2.06 bits per heavy atom. The van der Waals surface area contributed by atoms with Gasteiger partial charge in [-0.1, -0.05) is 32.0 Å². The average Bonchev–Trinajstić information content (AvgIpc) is 2.34. The van der Waals surface area contributed by atoms with Crippen LogP contribution in [-0.4, -0.2) is 10.1 Å². The summed E-state index contributed by atoms with van der Waals surface area (Å²) in [7, 11) is 0. The van der Waals surface area contributed by atoms with Gasteiger partial charge in [0.25, 0.3) is 0 Å². The molecule has 0 amide bonds. The largest absolute Gasteiger partial charge is 0.385 e. The molecule has 2 aromatic rings. The number of nitrogens with zero attached hydrogens (tertiary/aromatic N) is 1. The molecule has 1 fully saturated rings. The maximum Gasteiger partial charge on any atom is 0.0908 e. The molecule has 2 nitrogen and oxygen atoms in total. The predicted octanol–water partition coefficient (Wildman–Crippen LogP) is 3.49. The van der Waals surface area contributed by atoms with E-state index < -0.39 is 5.60 Å². The summed E-state index contributed by atoms with van der Waals surface area (Å²) in [4.78, 5) is 4.14. The minimum Gasteiger partial charge on any atom is -0.385 e. The van der Waals surface area contributed by atoms with Crippen LogP contribution < -0.4 is 0 Å². The molecule has 2 heteroatoms. The third-order valence-corrected chi connectivity index (χ3v) is 4.32. The molecule has 0 spiro atoms. The zero-order valence-electron chi connectivity index (χ0n) is 10.9. The SMILES string of the molecule is CC(C)C1CC(O)(c2cccc3cnccc23)C1. The first kappa shape index (κ1) is 11.7. The van der Waals surface area contributed by atoms with Gasteiger partial charge in [0.15, 0.2) is 0 Å². The first-order valence-electron chi connectivity index (χ1n) is 6.66. The van der Waals surface area contributed by atoms with Crippen LogP contribution in [0, 0.1) is 11.8 Å². The standard InChI is InChI=1S/C16H19NO/c1-11(2)13-8-16(18,9-13)15-5-3-4-12-10-17-7-6-14(12)15/h3-7,10-11,13,18H,8-9H2,1-2H3. The molecule has 1 saturated carbocycles. The van der Waals surface area contributed by atoms with E-state index in [4.69, 9.17) is 0 Å². The lowest BCUT2D eigenvalue weighted by atomic mass is 9.63. The van der Waals surface area contributed by atoms with Crippen molar-refractivity contribution in [3.05, 3.63) is 42.2 Å². The van der Waals surface area contributed by atoms with Crippen LogP contribution in [-0.2, 0) is 5.60 Å². The number of aromatic nitrogens is 1. The van der Waals surface area contributed by atoms with E-state index >= 15 is 0 Å². The van der Waals surface area contributed by atoms with Crippen molar-refractivity contribution in [1.29, 1.82) is 0 Å². The summed E-state index contributed by atoms with van der Waals surface area (Å²) in [5.41, 5.74) is 0.440. The number of hydrogen-bond donors (Lipinski definition) is 1. The molecule has 0 aliphatic heterocycles. The van der Waals surface area contributed by atoms with E-state index in [0.717, 1.165) is 29.2 Å². The molecular formula is C16H19NO. The van der Waals surface area contributed by atoms with E-state index in [2.05, 4.69) is 24.9 Å². The molecule has 1 heterocycles. The van der Waals surface area contributed by atoms with Crippen molar-refractivity contribution in [2.24, 2.45) is 11.8 Å². The maximum atomic E-state index is 10.8. The second kappa shape index (κ2) is 4.06. The topological polar surface area (TPSA) is 33.1 Å². The summed E-state index contributed by atoms with van der Waals surface area (Å²) >= 11 is 0. The van der Waals surface area contributed by atoms with Crippen molar-refractivity contribution in [2.75, 3.05) is 0 Å². The van der Waals surface area contributed by atoms with Gasteiger partial charge in [-0.3, -0.25) is 4.98 Å². The average molecular weight is 241 g/mol. The Balaban J connectivity index is 2.01. The molecule has 0 atom stereocenters. The molecule has 0 radical (unpaired) electrons. The number of rotatable bonds is 2. The zero-order chi connectivity index (χ0) is 12.8. The van der Waals surface area contributed by atoms with Gasteiger partial charge in [-0.25, -0.2) is 0 Å². The molecule has 0 saturated heterocycles. The Morgan fingerprint density at radius 1 is 1.28 bits per heavy atom. The van der Waals surface area contributed by atoms with Gasteiger partial charge >= 0.3 is 0 Å². The van der Waals surface area contributed by atoms with Crippen molar-refractivity contribution in [2.45, 2.75) is 32.3 Å². The summed E-state index contributed by atoms with van der Waals surface area (Å²) in [5.74, 6) is 1.30. The highest BCUT2D eigenvalue weighted by Gasteiger charge is 2.45. The normalized spacial score (nSPS) is 27.4. The minimum absolute atomic E-state index is 0.629. The lowest BCUT2D eigenvalue weighted by molar-refractivity contribution is -0.0922. The van der Waals surface area contributed by atoms with Crippen LogP contribution in [0.5, 0.6) is 0 Å². The molecule has 0 unspecified atom stereocenters. The second-order valence-corrected chi connectivity index (χ2v) is 5.85. The molecule has 1 aromatic heterocycles. The van der Waals surface area contributed by atoms with Crippen LogP contribution >= 0.6 is 0 Å². The van der Waals surface area contributed by atoms with E-state index in [-0.39, 0.29) is 0 Å². The lowest BCUT2D eigenvalue weighted by Gasteiger charge is -2.46. The van der Waals surface area contributed by atoms with Gasteiger partial charge < -0.3 is 5.11 Å². The molecular weight excluding hydrogens is 222 g/mol. The summed E-state index contributed by atoms with van der Waals surface area (Å²) < 4.78 is 0. The molecule has 94 valence electrons. The third kappa shape index (κ3) is 1.72. The van der Waals surface area contributed by atoms with Crippen molar-refractivity contribution < 1.29 is 5.11 Å². The van der Waals surface area contributed by atoms with Gasteiger partial charge in [-0.05, 0) is 41.7 Å². The minimum atomic E-state index is -0.629. The number of aliphatic hydroxyl groups is 1. The van der Waals surface area contributed by atoms with E-state index in [0.29, 0.717) is 11.8 Å². The van der Waals surface area contributed by atoms with Crippen LogP contribution in [0.2, 0.25) is 0 Å². The highest BCUT2D eigenvalue weighted by Crippen LogP contribution is 2.50. The van der Waals surface area contributed by atoms with E-state index in [1.807, 2.05) is 24.4 Å². The van der Waals surface area contributed by atoms with Crippen molar-refractivity contribution in [1.82, 2.24) is 4.98 Å². The second-order valence-electron chi connectivity index (χ2n) is 5.85. The van der Waals surface area contributed by atoms with Crippen LogP contribution in [0.3, 0.4) is 0 Å². The Hall–Kier alpha value is -1.41. The highest BCUT2D eigenvalue weighted by molar-refractivity contribution is 5.85. The van der Waals surface area contributed by atoms with Crippen LogP contribution in [0.1, 0.15) is 32.3 Å². The fourth-order valence-corrected chi connectivity index (χ4v) is 3.03. The van der Waals surface area contributed by atoms with E-state index in [1.54, 1.807) is 6.20 Å². The Bertz CT molecular complexity index is 565. The number of pyridine rings is 1. The predicted molar refractivity (Wildman–Crippen MR) is 73.2 cm³/mol. The Labute approximate surface area is 108 Å². The maximum absolute atomic E-state index is 10.8. The Kier molecular flexibility index (Phi) is 2.63. The van der Waals surface area contributed by atoms with Crippen LogP contribution in [0.4, 0.5) is 0 Å². The first-order valence-corrected chi connectivity index (χ1v) is 6.66. The molecule has 18 heavy (non-hydrogen) atoms. The summed E-state index contributed by atoms with van der Waals surface area (Å²) in [6.07, 6.45) is 5.42. The van der Waals surface area contributed by atoms with Gasteiger partial charge in [0.2, 0.25) is 0 Å². The van der Waals surface area contributed by atoms with Gasteiger partial charge in [-0.2, -0.15) is 0 Å². The molecule has 1 N–H and O–H groups in total. The smallest absolute Gasteiger partial charge is 0.0908 e. The monoisotopic (exact) mass is 241 g/mol. The Morgan fingerprint density at radius 3 is 2.78 bits per heavy atom. The fraction of sp³-hybridized carbons (Fsp3) is 0.438. The van der Waals surface area contributed by atoms with Crippen LogP contribution in [0.25, 0.3) is 10.8 Å². The highest BCUT2D eigenvalue weighted by atomic mass is 16.3. The number of fused-ring (bicyclic) bond motifs is 1. The quantitative estimate of drug-likeness (QED) is 0.873. The molecule has 1 aliphatic carbocycles. The summed E-state index contributed by atoms with van der Waals surface area (Å²) in [5, 5.41) is 13.0. The van der Waals surface area contributed by atoms with Crippen molar-refractivity contribution in [3.8, 4) is 0 Å². The fourth-order valence-electron chi connectivity index (χ4n) is 3.03.